The topological polar surface area (TPSA) is 90.5 Å². The zero-order valence-corrected chi connectivity index (χ0v) is 30.4. The Bertz CT molecular complexity index is 3230. The van der Waals surface area contributed by atoms with Gasteiger partial charge in [-0.2, -0.15) is 0 Å². The number of rotatable bonds is 6. The molecule has 0 radical (unpaired) electrons. The summed E-state index contributed by atoms with van der Waals surface area (Å²) in [6, 6.07) is 58.2. The van der Waals surface area contributed by atoms with Gasteiger partial charge in [-0.15, -0.1) is 0 Å². The van der Waals surface area contributed by atoms with Crippen molar-refractivity contribution in [1.82, 2.24) is 29.9 Å². The normalized spacial score (nSPS) is 11.5. The number of aromatic nitrogens is 6. The summed E-state index contributed by atoms with van der Waals surface area (Å²) in [4.78, 5) is 29.1. The molecule has 4 heterocycles. The summed E-state index contributed by atoms with van der Waals surface area (Å²) >= 11 is 0. The second kappa shape index (κ2) is 13.4. The van der Waals surface area contributed by atoms with Crippen LogP contribution in [0.15, 0.2) is 187 Å². The molecule has 7 aromatic carbocycles. The standard InChI is InChI=1S/C50H30N6O/c1-3-11-34(12-4-1)47-54-48(35-13-5-2-6-14-35)56-49(55-47)42-17-9-16-38-26-37(24-25-41(38)42)32-18-20-33(21-19-32)40-28-43-45-44(57-50(43)52-29-40)30-51-46(53-45)39-23-22-31-10-7-8-15-36(31)27-39/h1-30H. The number of benzene rings is 7. The number of pyridine rings is 1. The molecule has 0 bridgehead atoms. The summed E-state index contributed by atoms with van der Waals surface area (Å²) < 4.78 is 6.06. The highest BCUT2D eigenvalue weighted by molar-refractivity contribution is 6.03. The summed E-state index contributed by atoms with van der Waals surface area (Å²) in [7, 11) is 0. The van der Waals surface area contributed by atoms with E-state index in [1.165, 1.54) is 5.39 Å². The first-order chi connectivity index (χ1) is 28.2. The lowest BCUT2D eigenvalue weighted by atomic mass is 9.96. The molecule has 57 heavy (non-hydrogen) atoms. The molecule has 11 aromatic rings. The Kier molecular flexibility index (Phi) is 7.67. The van der Waals surface area contributed by atoms with E-state index in [2.05, 4.69) is 107 Å². The van der Waals surface area contributed by atoms with Crippen LogP contribution < -0.4 is 0 Å². The largest absolute Gasteiger partial charge is 0.434 e. The molecule has 0 aliphatic rings. The molecular weight excluding hydrogens is 701 g/mol. The number of hydrogen-bond acceptors (Lipinski definition) is 7. The van der Waals surface area contributed by atoms with E-state index in [0.29, 0.717) is 34.6 Å². The van der Waals surface area contributed by atoms with Crippen LogP contribution in [0.25, 0.3) is 112 Å². The average Bonchev–Trinajstić information content (AvgIpc) is 3.66. The molecule has 11 rings (SSSR count). The fourth-order valence-corrected chi connectivity index (χ4v) is 7.51. The molecule has 0 atom stereocenters. The summed E-state index contributed by atoms with van der Waals surface area (Å²) in [5, 5.41) is 5.35. The maximum absolute atomic E-state index is 6.06. The molecule has 0 saturated carbocycles. The van der Waals surface area contributed by atoms with Crippen molar-refractivity contribution in [1.29, 1.82) is 0 Å². The van der Waals surface area contributed by atoms with Gasteiger partial charge in [-0.25, -0.2) is 29.9 Å². The van der Waals surface area contributed by atoms with Crippen LogP contribution in [0.3, 0.4) is 0 Å². The van der Waals surface area contributed by atoms with Gasteiger partial charge in [0, 0.05) is 34.0 Å². The summed E-state index contributed by atoms with van der Waals surface area (Å²) in [5.41, 5.74) is 9.94. The van der Waals surface area contributed by atoms with E-state index in [0.717, 1.165) is 71.6 Å². The Hall–Kier alpha value is -7.90. The number of nitrogens with zero attached hydrogens (tertiary/aromatic N) is 6. The molecule has 0 aliphatic carbocycles. The molecule has 0 N–H and O–H groups in total. The first kappa shape index (κ1) is 32.5. The van der Waals surface area contributed by atoms with Crippen LogP contribution in [0.2, 0.25) is 0 Å². The molecule has 0 spiro atoms. The van der Waals surface area contributed by atoms with E-state index in [1.807, 2.05) is 79.0 Å². The SMILES string of the molecule is c1ccc(-c2nc(-c3ccccc3)nc(-c3cccc4cc(-c5ccc(-c6cnc7oc8cnc(-c9ccc%10ccccc%10c9)nc8c7c6)cc5)ccc34)n2)cc1. The smallest absolute Gasteiger partial charge is 0.229 e. The molecule has 0 saturated heterocycles. The molecule has 0 amide bonds. The van der Waals surface area contributed by atoms with Crippen molar-refractivity contribution in [2.45, 2.75) is 0 Å². The van der Waals surface area contributed by atoms with E-state index in [9.17, 15) is 0 Å². The first-order valence-corrected chi connectivity index (χ1v) is 18.8. The second-order valence-electron chi connectivity index (χ2n) is 14.0. The fourth-order valence-electron chi connectivity index (χ4n) is 7.51. The van der Waals surface area contributed by atoms with Crippen LogP contribution in [0.4, 0.5) is 0 Å². The summed E-state index contributed by atoms with van der Waals surface area (Å²) in [6.45, 7) is 0. The predicted molar refractivity (Wildman–Crippen MR) is 228 cm³/mol. The summed E-state index contributed by atoms with van der Waals surface area (Å²) in [6.07, 6.45) is 3.59. The van der Waals surface area contributed by atoms with Gasteiger partial charge in [0.2, 0.25) is 5.71 Å². The van der Waals surface area contributed by atoms with Crippen LogP contribution in [-0.4, -0.2) is 29.9 Å². The van der Waals surface area contributed by atoms with Crippen LogP contribution in [0, 0.1) is 0 Å². The first-order valence-electron chi connectivity index (χ1n) is 18.8. The number of furan rings is 1. The quantitative estimate of drug-likeness (QED) is 0.168. The zero-order chi connectivity index (χ0) is 37.7. The average molecular weight is 731 g/mol. The van der Waals surface area contributed by atoms with E-state index in [-0.39, 0.29) is 0 Å². The van der Waals surface area contributed by atoms with Gasteiger partial charge >= 0.3 is 0 Å². The summed E-state index contributed by atoms with van der Waals surface area (Å²) in [5.74, 6) is 2.57. The number of fused-ring (bicyclic) bond motifs is 5. The predicted octanol–water partition coefficient (Wildman–Crippen LogP) is 12.3. The van der Waals surface area contributed by atoms with Crippen molar-refractivity contribution in [3.05, 3.63) is 182 Å². The van der Waals surface area contributed by atoms with E-state index >= 15 is 0 Å². The third-order valence-electron chi connectivity index (χ3n) is 10.4. The van der Waals surface area contributed by atoms with Crippen LogP contribution in [0.1, 0.15) is 0 Å². The minimum atomic E-state index is 0.538. The van der Waals surface area contributed by atoms with Crippen molar-refractivity contribution in [2.24, 2.45) is 0 Å². The Morgan fingerprint density at radius 2 is 0.947 bits per heavy atom. The lowest BCUT2D eigenvalue weighted by Crippen LogP contribution is -2.00. The second-order valence-corrected chi connectivity index (χ2v) is 14.0. The Balaban J connectivity index is 0.920. The van der Waals surface area contributed by atoms with Gasteiger partial charge in [0.1, 0.15) is 5.52 Å². The molecule has 7 nitrogen and oxygen atoms in total. The van der Waals surface area contributed by atoms with Crippen molar-refractivity contribution in [3.8, 4) is 67.8 Å². The molecule has 266 valence electrons. The van der Waals surface area contributed by atoms with Crippen LogP contribution in [0.5, 0.6) is 0 Å². The highest BCUT2D eigenvalue weighted by atomic mass is 16.3. The Labute approximate surface area is 327 Å². The Morgan fingerprint density at radius 3 is 1.70 bits per heavy atom. The number of hydrogen-bond donors (Lipinski definition) is 0. The van der Waals surface area contributed by atoms with Crippen LogP contribution in [-0.2, 0) is 0 Å². The van der Waals surface area contributed by atoms with E-state index < -0.39 is 0 Å². The van der Waals surface area contributed by atoms with Crippen molar-refractivity contribution in [2.75, 3.05) is 0 Å². The van der Waals surface area contributed by atoms with Gasteiger partial charge in [0.25, 0.3) is 0 Å². The maximum atomic E-state index is 6.06. The highest BCUT2D eigenvalue weighted by Gasteiger charge is 2.16. The molecule has 4 aromatic heterocycles. The van der Waals surface area contributed by atoms with Crippen molar-refractivity contribution >= 4 is 43.7 Å². The van der Waals surface area contributed by atoms with E-state index in [4.69, 9.17) is 24.4 Å². The lowest BCUT2D eigenvalue weighted by Gasteiger charge is -2.11. The monoisotopic (exact) mass is 730 g/mol. The lowest BCUT2D eigenvalue weighted by molar-refractivity contribution is 0.651. The Morgan fingerprint density at radius 1 is 0.333 bits per heavy atom. The van der Waals surface area contributed by atoms with Gasteiger partial charge < -0.3 is 4.42 Å². The van der Waals surface area contributed by atoms with Crippen LogP contribution >= 0.6 is 0 Å². The fraction of sp³-hybridized carbons (Fsp3) is 0. The van der Waals surface area contributed by atoms with Gasteiger partial charge in [-0.05, 0) is 56.4 Å². The van der Waals surface area contributed by atoms with Crippen molar-refractivity contribution in [3.63, 3.8) is 0 Å². The van der Waals surface area contributed by atoms with Gasteiger partial charge in [0.05, 0.1) is 11.6 Å². The maximum Gasteiger partial charge on any atom is 0.229 e. The minimum Gasteiger partial charge on any atom is -0.434 e. The van der Waals surface area contributed by atoms with E-state index in [1.54, 1.807) is 6.20 Å². The highest BCUT2D eigenvalue weighted by Crippen LogP contribution is 2.35. The van der Waals surface area contributed by atoms with Gasteiger partial charge in [-0.3, -0.25) is 0 Å². The third kappa shape index (κ3) is 5.95. The van der Waals surface area contributed by atoms with Crippen molar-refractivity contribution < 1.29 is 4.42 Å². The van der Waals surface area contributed by atoms with Gasteiger partial charge in [0.15, 0.2) is 28.9 Å². The molecule has 0 aliphatic heterocycles. The zero-order valence-electron chi connectivity index (χ0n) is 30.4. The molecule has 7 heteroatoms. The molecular formula is C50H30N6O. The third-order valence-corrected chi connectivity index (χ3v) is 10.4. The molecule has 0 fully saturated rings. The molecule has 0 unspecified atom stereocenters. The minimum absolute atomic E-state index is 0.538. The van der Waals surface area contributed by atoms with Gasteiger partial charge in [-0.1, -0.05) is 152 Å².